The van der Waals surface area contributed by atoms with Crippen LogP contribution in [0.2, 0.25) is 0 Å². The molecule has 0 aliphatic carbocycles. The Kier molecular flexibility index (Phi) is 2.90. The van der Waals surface area contributed by atoms with E-state index in [-0.39, 0.29) is 0 Å². The quantitative estimate of drug-likeness (QED) is 0.675. The van der Waals surface area contributed by atoms with Crippen molar-refractivity contribution in [2.24, 2.45) is 0 Å². The maximum absolute atomic E-state index is 4.32. The lowest BCUT2D eigenvalue weighted by Crippen LogP contribution is -2.10. The Balaban J connectivity index is 2.91. The highest BCUT2D eigenvalue weighted by Crippen LogP contribution is 2.18. The van der Waals surface area contributed by atoms with Crippen molar-refractivity contribution in [2.45, 2.75) is 46.1 Å². The van der Waals surface area contributed by atoms with Gasteiger partial charge in [-0.3, -0.25) is 4.68 Å². The van der Waals surface area contributed by atoms with Crippen LogP contribution in [0.3, 0.4) is 0 Å². The van der Waals surface area contributed by atoms with Crippen LogP contribution in [0.25, 0.3) is 0 Å². The maximum atomic E-state index is 4.32. The molecular formula is C10H18N2. The minimum absolute atomic E-state index is 0.525. The summed E-state index contributed by atoms with van der Waals surface area (Å²) < 4.78 is 2.13. The van der Waals surface area contributed by atoms with E-state index in [9.17, 15) is 0 Å². The fourth-order valence-electron chi connectivity index (χ4n) is 1.32. The summed E-state index contributed by atoms with van der Waals surface area (Å²) in [6, 6.07) is 2.63. The summed E-state index contributed by atoms with van der Waals surface area (Å²) in [5, 5.41) is 4.32. The maximum Gasteiger partial charge on any atom is 0.0492 e. The molecule has 1 aromatic heterocycles. The molecular weight excluding hydrogens is 148 g/mol. The SMILES string of the molecule is CCC(C)n1nccc1C(C)C. The molecule has 0 amide bonds. The molecule has 0 saturated heterocycles. The van der Waals surface area contributed by atoms with Crippen LogP contribution in [0.15, 0.2) is 12.3 Å². The average Bonchev–Trinajstić information content (AvgIpc) is 2.50. The van der Waals surface area contributed by atoms with Crippen LogP contribution in [0.5, 0.6) is 0 Å². The van der Waals surface area contributed by atoms with Crippen LogP contribution in [0.1, 0.15) is 51.8 Å². The van der Waals surface area contributed by atoms with E-state index in [1.54, 1.807) is 0 Å². The first-order valence-electron chi connectivity index (χ1n) is 4.70. The van der Waals surface area contributed by atoms with E-state index in [0.717, 1.165) is 6.42 Å². The van der Waals surface area contributed by atoms with Crippen molar-refractivity contribution in [2.75, 3.05) is 0 Å². The second-order valence-electron chi connectivity index (χ2n) is 3.61. The molecule has 2 heteroatoms. The molecule has 2 nitrogen and oxygen atoms in total. The molecule has 1 atom stereocenters. The van der Waals surface area contributed by atoms with E-state index in [1.807, 2.05) is 6.20 Å². The van der Waals surface area contributed by atoms with Gasteiger partial charge in [0.15, 0.2) is 0 Å². The van der Waals surface area contributed by atoms with Gasteiger partial charge in [0.1, 0.15) is 0 Å². The average molecular weight is 166 g/mol. The molecule has 0 fully saturated rings. The van der Waals surface area contributed by atoms with Crippen LogP contribution in [0, 0.1) is 0 Å². The predicted octanol–water partition coefficient (Wildman–Crippen LogP) is 2.98. The fraction of sp³-hybridized carbons (Fsp3) is 0.700. The van der Waals surface area contributed by atoms with Gasteiger partial charge in [-0.05, 0) is 25.3 Å². The monoisotopic (exact) mass is 166 g/mol. The molecule has 0 N–H and O–H groups in total. The summed E-state index contributed by atoms with van der Waals surface area (Å²) in [5.74, 6) is 0.571. The van der Waals surface area contributed by atoms with Crippen molar-refractivity contribution in [3.63, 3.8) is 0 Å². The van der Waals surface area contributed by atoms with Crippen molar-refractivity contribution in [1.82, 2.24) is 9.78 Å². The van der Waals surface area contributed by atoms with Gasteiger partial charge in [-0.2, -0.15) is 5.10 Å². The van der Waals surface area contributed by atoms with Gasteiger partial charge >= 0.3 is 0 Å². The highest BCUT2D eigenvalue weighted by molar-refractivity contribution is 5.06. The minimum atomic E-state index is 0.525. The number of nitrogens with zero attached hydrogens (tertiary/aromatic N) is 2. The summed E-state index contributed by atoms with van der Waals surface area (Å²) in [4.78, 5) is 0. The molecule has 68 valence electrons. The molecule has 1 heterocycles. The Hall–Kier alpha value is -0.790. The first-order valence-corrected chi connectivity index (χ1v) is 4.70. The lowest BCUT2D eigenvalue weighted by molar-refractivity contribution is 0.452. The smallest absolute Gasteiger partial charge is 0.0492 e. The highest BCUT2D eigenvalue weighted by atomic mass is 15.3. The zero-order valence-electron chi connectivity index (χ0n) is 8.41. The van der Waals surface area contributed by atoms with Crippen LogP contribution in [-0.4, -0.2) is 9.78 Å². The molecule has 0 bridgehead atoms. The lowest BCUT2D eigenvalue weighted by atomic mass is 10.1. The van der Waals surface area contributed by atoms with E-state index < -0.39 is 0 Å². The number of hydrogen-bond acceptors (Lipinski definition) is 1. The third kappa shape index (κ3) is 1.68. The van der Waals surface area contributed by atoms with Gasteiger partial charge in [-0.15, -0.1) is 0 Å². The molecule has 0 spiro atoms. The summed E-state index contributed by atoms with van der Waals surface area (Å²) in [6.07, 6.45) is 3.03. The Labute approximate surface area is 74.6 Å². The van der Waals surface area contributed by atoms with Gasteiger partial charge in [0.25, 0.3) is 0 Å². The molecule has 0 saturated carbocycles. The van der Waals surface area contributed by atoms with Crippen LogP contribution in [-0.2, 0) is 0 Å². The zero-order chi connectivity index (χ0) is 9.14. The van der Waals surface area contributed by atoms with Crippen molar-refractivity contribution >= 4 is 0 Å². The number of rotatable bonds is 3. The Morgan fingerprint density at radius 3 is 2.58 bits per heavy atom. The topological polar surface area (TPSA) is 17.8 Å². The number of aromatic nitrogens is 2. The summed E-state index contributed by atoms with van der Waals surface area (Å²) >= 11 is 0. The normalized spacial score (nSPS) is 13.8. The van der Waals surface area contributed by atoms with Crippen molar-refractivity contribution in [3.8, 4) is 0 Å². The predicted molar refractivity (Wildman–Crippen MR) is 51.3 cm³/mol. The molecule has 0 aliphatic rings. The van der Waals surface area contributed by atoms with Crippen molar-refractivity contribution in [3.05, 3.63) is 18.0 Å². The van der Waals surface area contributed by atoms with Crippen molar-refractivity contribution < 1.29 is 0 Å². The van der Waals surface area contributed by atoms with Crippen LogP contribution >= 0.6 is 0 Å². The highest BCUT2D eigenvalue weighted by Gasteiger charge is 2.10. The fourth-order valence-corrected chi connectivity index (χ4v) is 1.32. The molecule has 1 unspecified atom stereocenters. The minimum Gasteiger partial charge on any atom is -0.267 e. The van der Waals surface area contributed by atoms with Crippen LogP contribution < -0.4 is 0 Å². The van der Waals surface area contributed by atoms with E-state index >= 15 is 0 Å². The third-order valence-electron chi connectivity index (χ3n) is 2.30. The lowest BCUT2D eigenvalue weighted by Gasteiger charge is -2.15. The molecule has 1 rings (SSSR count). The summed E-state index contributed by atoms with van der Waals surface area (Å²) in [5.41, 5.74) is 1.34. The first kappa shape index (κ1) is 9.30. The Morgan fingerprint density at radius 1 is 1.42 bits per heavy atom. The van der Waals surface area contributed by atoms with Gasteiger partial charge in [-0.25, -0.2) is 0 Å². The zero-order valence-corrected chi connectivity index (χ0v) is 8.41. The summed E-state index contributed by atoms with van der Waals surface area (Å²) in [7, 11) is 0. The van der Waals surface area contributed by atoms with E-state index in [0.29, 0.717) is 12.0 Å². The van der Waals surface area contributed by atoms with Gasteiger partial charge in [0.05, 0.1) is 0 Å². The first-order chi connectivity index (χ1) is 5.66. The van der Waals surface area contributed by atoms with Gasteiger partial charge in [0, 0.05) is 17.9 Å². The van der Waals surface area contributed by atoms with E-state index in [2.05, 4.69) is 43.5 Å². The third-order valence-corrected chi connectivity index (χ3v) is 2.30. The Morgan fingerprint density at radius 2 is 2.08 bits per heavy atom. The standard InChI is InChI=1S/C10H18N2/c1-5-9(4)12-10(8(2)3)6-7-11-12/h6-9H,5H2,1-4H3. The van der Waals surface area contributed by atoms with E-state index in [4.69, 9.17) is 0 Å². The molecule has 0 aromatic carbocycles. The largest absolute Gasteiger partial charge is 0.267 e. The molecule has 0 radical (unpaired) electrons. The van der Waals surface area contributed by atoms with E-state index in [1.165, 1.54) is 5.69 Å². The van der Waals surface area contributed by atoms with Gasteiger partial charge < -0.3 is 0 Å². The second-order valence-corrected chi connectivity index (χ2v) is 3.61. The Bertz CT molecular complexity index is 238. The molecule has 0 aliphatic heterocycles. The second kappa shape index (κ2) is 3.74. The number of hydrogen-bond donors (Lipinski definition) is 0. The van der Waals surface area contributed by atoms with Crippen molar-refractivity contribution in [1.29, 1.82) is 0 Å². The van der Waals surface area contributed by atoms with Gasteiger partial charge in [-0.1, -0.05) is 20.8 Å². The summed E-state index contributed by atoms with van der Waals surface area (Å²) in [6.45, 7) is 8.81. The molecule has 1 aromatic rings. The molecule has 12 heavy (non-hydrogen) atoms. The van der Waals surface area contributed by atoms with Gasteiger partial charge in [0.2, 0.25) is 0 Å². The van der Waals surface area contributed by atoms with Crippen LogP contribution in [0.4, 0.5) is 0 Å².